The van der Waals surface area contributed by atoms with Gasteiger partial charge >= 0.3 is 0 Å². The van der Waals surface area contributed by atoms with Gasteiger partial charge in [0.25, 0.3) is 11.8 Å². The van der Waals surface area contributed by atoms with E-state index in [1.54, 1.807) is 30.5 Å². The molecule has 31 heavy (non-hydrogen) atoms. The largest absolute Gasteiger partial charge is 0.386 e. The Kier molecular flexibility index (Phi) is 7.54. The Bertz CT molecular complexity index is 1050. The molecule has 3 rings (SSSR count). The van der Waals surface area contributed by atoms with Gasteiger partial charge in [-0.2, -0.15) is 0 Å². The van der Waals surface area contributed by atoms with Crippen molar-refractivity contribution in [1.82, 2.24) is 5.32 Å². The Morgan fingerprint density at radius 3 is 2.39 bits per heavy atom. The van der Waals surface area contributed by atoms with Crippen molar-refractivity contribution in [3.05, 3.63) is 101 Å². The van der Waals surface area contributed by atoms with Crippen molar-refractivity contribution in [3.63, 3.8) is 0 Å². The predicted octanol–water partition coefficient (Wildman–Crippen LogP) is 4.48. The van der Waals surface area contributed by atoms with E-state index in [4.69, 9.17) is 4.84 Å². The summed E-state index contributed by atoms with van der Waals surface area (Å²) in [5.41, 5.74) is 3.81. The van der Waals surface area contributed by atoms with E-state index in [-0.39, 0.29) is 18.6 Å². The minimum Gasteiger partial charge on any atom is -0.386 e. The Morgan fingerprint density at radius 1 is 0.968 bits per heavy atom. The molecule has 6 nitrogen and oxygen atoms in total. The van der Waals surface area contributed by atoms with Crippen molar-refractivity contribution in [2.24, 2.45) is 5.16 Å². The van der Waals surface area contributed by atoms with Crippen LogP contribution in [0.3, 0.4) is 0 Å². The summed E-state index contributed by atoms with van der Waals surface area (Å²) in [6.45, 7) is 3.65. The van der Waals surface area contributed by atoms with Gasteiger partial charge in [-0.25, -0.2) is 0 Å². The molecule has 158 valence electrons. The Labute approximate surface area is 181 Å². The van der Waals surface area contributed by atoms with E-state index in [1.807, 2.05) is 68.4 Å². The monoisotopic (exact) mass is 415 g/mol. The molecule has 2 amide bonds. The van der Waals surface area contributed by atoms with Gasteiger partial charge in [0, 0.05) is 0 Å². The lowest BCUT2D eigenvalue weighted by atomic mass is 10.1. The molecule has 0 aromatic heterocycles. The molecule has 0 fully saturated rings. The first-order chi connectivity index (χ1) is 15.0. The number of hydrogen-bond acceptors (Lipinski definition) is 4. The summed E-state index contributed by atoms with van der Waals surface area (Å²) >= 11 is 0. The highest BCUT2D eigenvalue weighted by molar-refractivity contribution is 6.04. The maximum atomic E-state index is 12.8. The maximum absolute atomic E-state index is 12.8. The van der Waals surface area contributed by atoms with Gasteiger partial charge in [-0.05, 0) is 37.1 Å². The van der Waals surface area contributed by atoms with Gasteiger partial charge < -0.3 is 15.5 Å². The number of carbonyl (C=O) groups is 2. The number of benzene rings is 3. The number of nitrogens with one attached hydrogen (secondary N) is 2. The molecule has 0 heterocycles. The second-order valence-electron chi connectivity index (χ2n) is 7.12. The molecule has 1 atom stereocenters. The van der Waals surface area contributed by atoms with Gasteiger partial charge in [-0.3, -0.25) is 9.59 Å². The molecule has 0 spiro atoms. The van der Waals surface area contributed by atoms with Crippen molar-refractivity contribution in [2.45, 2.75) is 19.9 Å². The Morgan fingerprint density at radius 2 is 1.65 bits per heavy atom. The number of aryl methyl sites for hydroxylation is 1. The lowest BCUT2D eigenvalue weighted by molar-refractivity contribution is -0.120. The topological polar surface area (TPSA) is 79.8 Å². The fourth-order valence-corrected chi connectivity index (χ4v) is 2.92. The Hall–Kier alpha value is -3.93. The minimum atomic E-state index is -0.405. The van der Waals surface area contributed by atoms with E-state index in [0.29, 0.717) is 11.3 Å². The number of nitrogens with zero attached hydrogens (tertiary/aromatic N) is 1. The zero-order valence-corrected chi connectivity index (χ0v) is 17.5. The quantitative estimate of drug-likeness (QED) is 0.421. The van der Waals surface area contributed by atoms with Gasteiger partial charge in [-0.15, -0.1) is 0 Å². The Balaban J connectivity index is 1.56. The van der Waals surface area contributed by atoms with Crippen LogP contribution in [0.4, 0.5) is 5.69 Å². The summed E-state index contributed by atoms with van der Waals surface area (Å²) in [7, 11) is 0. The van der Waals surface area contributed by atoms with Gasteiger partial charge in [0.1, 0.15) is 0 Å². The molecule has 3 aromatic carbocycles. The number of anilines is 1. The van der Waals surface area contributed by atoms with E-state index in [0.717, 1.165) is 16.7 Å². The smallest absolute Gasteiger partial charge is 0.265 e. The third-order valence-corrected chi connectivity index (χ3v) is 4.64. The standard InChI is InChI=1S/C25H25N3O3/c1-18-12-14-20(15-13-18)16-26-31-17-24(29)28-23-11-7-6-10-22(23)25(30)27-19(2)21-8-4-3-5-9-21/h3-16,19H,17H2,1-2H3,(H,27,30)(H,28,29)/b26-16-/t19-/m0/s1. The van der Waals surface area contributed by atoms with Crippen LogP contribution in [0.2, 0.25) is 0 Å². The summed E-state index contributed by atoms with van der Waals surface area (Å²) in [4.78, 5) is 30.1. The van der Waals surface area contributed by atoms with Crippen LogP contribution < -0.4 is 10.6 Å². The number of rotatable bonds is 8. The highest BCUT2D eigenvalue weighted by Crippen LogP contribution is 2.18. The average molecular weight is 415 g/mol. The van der Waals surface area contributed by atoms with Gasteiger partial charge in [0.05, 0.1) is 23.5 Å². The molecular weight excluding hydrogens is 390 g/mol. The number of carbonyl (C=O) groups excluding carboxylic acids is 2. The van der Waals surface area contributed by atoms with E-state index in [1.165, 1.54) is 0 Å². The first-order valence-corrected chi connectivity index (χ1v) is 9.99. The first-order valence-electron chi connectivity index (χ1n) is 9.99. The third-order valence-electron chi connectivity index (χ3n) is 4.64. The van der Waals surface area contributed by atoms with Crippen molar-refractivity contribution < 1.29 is 14.4 Å². The SMILES string of the molecule is Cc1ccc(/C=N\OCC(=O)Nc2ccccc2C(=O)N[C@@H](C)c2ccccc2)cc1. The fourth-order valence-electron chi connectivity index (χ4n) is 2.92. The molecule has 0 radical (unpaired) electrons. The van der Waals surface area contributed by atoms with Crippen molar-refractivity contribution >= 4 is 23.7 Å². The predicted molar refractivity (Wildman–Crippen MR) is 122 cm³/mol. The van der Waals surface area contributed by atoms with Crippen molar-refractivity contribution in [3.8, 4) is 0 Å². The van der Waals surface area contributed by atoms with Gasteiger partial charge in [-0.1, -0.05) is 77.4 Å². The number of oxime groups is 1. The molecule has 0 aliphatic rings. The highest BCUT2D eigenvalue weighted by atomic mass is 16.6. The second-order valence-corrected chi connectivity index (χ2v) is 7.12. The molecule has 0 aliphatic carbocycles. The minimum absolute atomic E-state index is 0.170. The lowest BCUT2D eigenvalue weighted by Gasteiger charge is -2.16. The van der Waals surface area contributed by atoms with E-state index < -0.39 is 5.91 Å². The van der Waals surface area contributed by atoms with Crippen LogP contribution in [0.1, 0.15) is 40.0 Å². The highest BCUT2D eigenvalue weighted by Gasteiger charge is 2.16. The normalized spacial score (nSPS) is 11.7. The molecule has 3 aromatic rings. The zero-order chi connectivity index (χ0) is 22.1. The van der Waals surface area contributed by atoms with Crippen molar-refractivity contribution in [1.29, 1.82) is 0 Å². The molecule has 2 N–H and O–H groups in total. The fraction of sp³-hybridized carbons (Fsp3) is 0.160. The molecule has 0 unspecified atom stereocenters. The number of amides is 2. The number of hydrogen-bond donors (Lipinski definition) is 2. The van der Waals surface area contributed by atoms with Crippen LogP contribution in [-0.2, 0) is 9.63 Å². The van der Waals surface area contributed by atoms with Gasteiger partial charge in [0.15, 0.2) is 6.61 Å². The van der Waals surface area contributed by atoms with Crippen LogP contribution >= 0.6 is 0 Å². The molecule has 0 saturated heterocycles. The molecule has 0 bridgehead atoms. The molecule has 6 heteroatoms. The summed E-state index contributed by atoms with van der Waals surface area (Å²) in [6, 6.07) is 24.1. The summed E-state index contributed by atoms with van der Waals surface area (Å²) in [6.07, 6.45) is 1.54. The first kappa shape index (κ1) is 21.8. The summed E-state index contributed by atoms with van der Waals surface area (Å²) in [5.74, 6) is -0.678. The second kappa shape index (κ2) is 10.7. The van der Waals surface area contributed by atoms with Gasteiger partial charge in [0.2, 0.25) is 0 Å². The summed E-state index contributed by atoms with van der Waals surface area (Å²) < 4.78 is 0. The molecule has 0 saturated carbocycles. The number of para-hydroxylation sites is 1. The van der Waals surface area contributed by atoms with Crippen LogP contribution in [0.5, 0.6) is 0 Å². The molecule has 0 aliphatic heterocycles. The van der Waals surface area contributed by atoms with Crippen LogP contribution in [0, 0.1) is 6.92 Å². The molecular formula is C25H25N3O3. The van der Waals surface area contributed by atoms with Crippen molar-refractivity contribution in [2.75, 3.05) is 11.9 Å². The third kappa shape index (κ3) is 6.54. The average Bonchev–Trinajstić information content (AvgIpc) is 2.79. The van der Waals surface area contributed by atoms with Crippen LogP contribution in [-0.4, -0.2) is 24.6 Å². The van der Waals surface area contributed by atoms with Crippen LogP contribution in [0.25, 0.3) is 0 Å². The van der Waals surface area contributed by atoms with E-state index >= 15 is 0 Å². The lowest BCUT2D eigenvalue weighted by Crippen LogP contribution is -2.28. The van der Waals surface area contributed by atoms with Crippen LogP contribution in [0.15, 0.2) is 84.0 Å². The van der Waals surface area contributed by atoms with E-state index in [2.05, 4.69) is 15.8 Å². The van der Waals surface area contributed by atoms with E-state index in [9.17, 15) is 9.59 Å². The summed E-state index contributed by atoms with van der Waals surface area (Å²) in [5, 5.41) is 9.49. The maximum Gasteiger partial charge on any atom is 0.265 e. The zero-order valence-electron chi connectivity index (χ0n) is 17.5.